The monoisotopic (exact) mass is 1560 g/mol. The van der Waals surface area contributed by atoms with E-state index in [1.54, 1.807) is 0 Å². The number of halogens is 1. The molecule has 16 aromatic carbocycles. The maximum absolute atomic E-state index is 4.79. The van der Waals surface area contributed by atoms with Crippen molar-refractivity contribution in [2.75, 3.05) is 14.7 Å². The van der Waals surface area contributed by atoms with E-state index >= 15 is 0 Å². The highest BCUT2D eigenvalue weighted by molar-refractivity contribution is 9.10. The number of pyridine rings is 2. The molecule has 0 saturated carbocycles. The van der Waals surface area contributed by atoms with Crippen molar-refractivity contribution in [3.63, 3.8) is 0 Å². The Morgan fingerprint density at radius 1 is 0.197 bits per heavy atom. The number of nitrogens with zero attached hydrogens (tertiary/aromatic N) is 5. The molecule has 0 radical (unpaired) electrons. The summed E-state index contributed by atoms with van der Waals surface area (Å²) in [6.07, 6.45) is 8.87. The van der Waals surface area contributed by atoms with Crippen LogP contribution >= 0.6 is 15.9 Å². The molecule has 4 aliphatic rings. The minimum atomic E-state index is -0.561. The third kappa shape index (κ3) is 11.7. The maximum atomic E-state index is 4.79. The van der Waals surface area contributed by atoms with Crippen LogP contribution < -0.4 is 14.7 Å². The second kappa shape index (κ2) is 30.6. The largest absolute Gasteiger partial charge is 0.310 e. The molecule has 0 atom stereocenters. The Kier molecular flexibility index (Phi) is 18.7. The normalized spacial score (nSPS) is 14.2. The van der Waals surface area contributed by atoms with E-state index in [4.69, 9.17) is 4.98 Å². The molecule has 0 spiro atoms. The topological polar surface area (TPSA) is 35.5 Å². The number of hydrogen-bond donors (Lipinski definition) is 0. The molecule has 556 valence electrons. The summed E-state index contributed by atoms with van der Waals surface area (Å²) >= 11 is 3.68. The average molecular weight is 1560 g/mol. The molecule has 0 amide bonds. The first-order chi connectivity index (χ1) is 58.0. The molecular weight excluding hydrogens is 1480 g/mol. The molecule has 0 unspecified atom stereocenters. The second-order valence-corrected chi connectivity index (χ2v) is 31.2. The van der Waals surface area contributed by atoms with E-state index < -0.39 is 16.2 Å². The molecule has 5 heterocycles. The lowest BCUT2D eigenvalue weighted by atomic mass is 9.60. The second-order valence-electron chi connectivity index (χ2n) is 30.3. The number of para-hydroxylation sites is 5. The Balaban J connectivity index is 0.000000125. The SMILES string of the molecule is Brc1cccc(N2c3ccccc3C(c3ccccc3)(c3ccccc3)c3ccccc32)c1.c1ccc(C2(c3ccccc3)c3ccccc3Cc3cnccc32)cc1.c1ccc(C2(c3ccccc3)c3ccccc3N(c3cccc(N4c5ccccc5C(c5ccccc5)(c5ccccc5)c5ccncc54)c3)c3ccccc32)cc1. The van der Waals surface area contributed by atoms with Crippen molar-refractivity contribution in [2.24, 2.45) is 0 Å². The van der Waals surface area contributed by atoms with Gasteiger partial charge in [0.05, 0.1) is 62.0 Å². The molecule has 3 aliphatic heterocycles. The smallest absolute Gasteiger partial charge is 0.0743 e. The van der Waals surface area contributed by atoms with Crippen molar-refractivity contribution in [3.05, 3.63) is 578 Å². The minimum Gasteiger partial charge on any atom is -0.310 e. The Hall–Kier alpha value is -14.3. The fraction of sp³-hybridized carbons (Fsp3) is 0.0450. The molecule has 0 bridgehead atoms. The van der Waals surface area contributed by atoms with Crippen LogP contribution in [0.2, 0.25) is 0 Å². The van der Waals surface area contributed by atoms with Gasteiger partial charge in [-0.2, -0.15) is 0 Å². The average Bonchev–Trinajstić information content (AvgIpc) is 0.827. The fourth-order valence-electron chi connectivity index (χ4n) is 19.8. The number of rotatable bonds is 11. The highest BCUT2D eigenvalue weighted by Crippen LogP contribution is 2.62. The van der Waals surface area contributed by atoms with Gasteiger partial charge in [0.15, 0.2) is 0 Å². The first-order valence-electron chi connectivity index (χ1n) is 40.2. The Bertz CT molecular complexity index is 6030. The third-order valence-electron chi connectivity index (χ3n) is 24.4. The summed E-state index contributed by atoms with van der Waals surface area (Å²) < 4.78 is 1.07. The van der Waals surface area contributed by atoms with Gasteiger partial charge in [-0.3, -0.25) is 9.97 Å². The number of anilines is 9. The molecular formula is C111H80BrN5. The molecule has 0 N–H and O–H groups in total. The summed E-state index contributed by atoms with van der Waals surface area (Å²) in [6.45, 7) is 0. The molecule has 117 heavy (non-hydrogen) atoms. The van der Waals surface area contributed by atoms with Gasteiger partial charge in [0, 0.05) is 40.1 Å². The van der Waals surface area contributed by atoms with Gasteiger partial charge in [-0.05, 0) is 185 Å². The first kappa shape index (κ1) is 71.7. The van der Waals surface area contributed by atoms with Crippen LogP contribution in [0.15, 0.2) is 478 Å². The summed E-state index contributed by atoms with van der Waals surface area (Å²) in [4.78, 5) is 16.5. The highest BCUT2D eigenvalue weighted by atomic mass is 79.9. The molecule has 6 heteroatoms. The lowest BCUT2D eigenvalue weighted by Gasteiger charge is -2.47. The zero-order chi connectivity index (χ0) is 78.2. The summed E-state index contributed by atoms with van der Waals surface area (Å²) in [5.41, 5.74) is 31.2. The van der Waals surface area contributed by atoms with Gasteiger partial charge in [-0.25, -0.2) is 0 Å². The van der Waals surface area contributed by atoms with E-state index in [1.807, 2.05) is 24.8 Å². The zero-order valence-electron chi connectivity index (χ0n) is 64.4. The van der Waals surface area contributed by atoms with Crippen molar-refractivity contribution in [1.29, 1.82) is 0 Å². The number of fused-ring (bicyclic) bond motifs is 8. The van der Waals surface area contributed by atoms with E-state index in [0.717, 1.165) is 50.7 Å². The summed E-state index contributed by atoms with van der Waals surface area (Å²) in [7, 11) is 0. The van der Waals surface area contributed by atoms with Gasteiger partial charge >= 0.3 is 0 Å². The van der Waals surface area contributed by atoms with Gasteiger partial charge in [0.25, 0.3) is 0 Å². The van der Waals surface area contributed by atoms with Crippen molar-refractivity contribution in [1.82, 2.24) is 9.97 Å². The van der Waals surface area contributed by atoms with Gasteiger partial charge in [0.2, 0.25) is 0 Å². The lowest BCUT2D eigenvalue weighted by Crippen LogP contribution is -2.38. The number of benzene rings is 16. The Morgan fingerprint density at radius 3 is 0.769 bits per heavy atom. The van der Waals surface area contributed by atoms with Crippen LogP contribution in [0.3, 0.4) is 0 Å². The molecule has 22 rings (SSSR count). The van der Waals surface area contributed by atoms with Gasteiger partial charge < -0.3 is 14.7 Å². The molecule has 5 nitrogen and oxygen atoms in total. The van der Waals surface area contributed by atoms with Crippen LogP contribution in [0, 0.1) is 0 Å². The number of aromatic nitrogens is 2. The Labute approximate surface area is 693 Å². The van der Waals surface area contributed by atoms with Crippen molar-refractivity contribution < 1.29 is 0 Å². The molecule has 0 fully saturated rings. The fourth-order valence-corrected chi connectivity index (χ4v) is 20.2. The van der Waals surface area contributed by atoms with Crippen molar-refractivity contribution in [3.8, 4) is 0 Å². The van der Waals surface area contributed by atoms with Crippen LogP contribution in [0.5, 0.6) is 0 Å². The van der Waals surface area contributed by atoms with E-state index in [1.165, 1.54) is 112 Å². The summed E-state index contributed by atoms with van der Waals surface area (Å²) in [6, 6.07) is 163. The van der Waals surface area contributed by atoms with Crippen LogP contribution in [0.1, 0.15) is 100 Å². The summed E-state index contributed by atoms with van der Waals surface area (Å²) in [5, 5.41) is 0. The first-order valence-corrected chi connectivity index (χ1v) is 40.9. The van der Waals surface area contributed by atoms with Crippen LogP contribution in [-0.2, 0) is 28.1 Å². The number of hydrogen-bond acceptors (Lipinski definition) is 5. The maximum Gasteiger partial charge on any atom is 0.0743 e. The van der Waals surface area contributed by atoms with Crippen LogP contribution in [0.25, 0.3) is 0 Å². The van der Waals surface area contributed by atoms with E-state index in [9.17, 15) is 0 Å². The van der Waals surface area contributed by atoms with Gasteiger partial charge in [-0.15, -0.1) is 0 Å². The molecule has 0 saturated heterocycles. The van der Waals surface area contributed by atoms with Crippen LogP contribution in [0.4, 0.5) is 51.2 Å². The minimum absolute atomic E-state index is 0.310. The van der Waals surface area contributed by atoms with Crippen molar-refractivity contribution in [2.45, 2.75) is 28.1 Å². The molecule has 1 aliphatic carbocycles. The van der Waals surface area contributed by atoms with Gasteiger partial charge in [0.1, 0.15) is 0 Å². The molecule has 2 aromatic heterocycles. The Morgan fingerprint density at radius 2 is 0.436 bits per heavy atom. The highest BCUT2D eigenvalue weighted by Gasteiger charge is 2.51. The van der Waals surface area contributed by atoms with E-state index in [-0.39, 0.29) is 5.41 Å². The zero-order valence-corrected chi connectivity index (χ0v) is 65.9. The van der Waals surface area contributed by atoms with E-state index in [2.05, 4.69) is 485 Å². The third-order valence-corrected chi connectivity index (χ3v) is 24.9. The van der Waals surface area contributed by atoms with Crippen molar-refractivity contribution >= 4 is 67.1 Å². The standard InChI is InChI=1S/C55H39N3.C31H22BrN.C25H19N/c1-5-20-40(21-6-1)54(41-22-7-2-8-23-41)46-30-13-16-33-50(46)57(51-34-17-14-31-47(51)54)44-28-19-29-45(38-44)58-52-35-18-15-32-48(52)55(42-24-9-3-10-25-42,43-26-11-4-12-27-43)49-36-37-56-39-53(49)58;32-25-16-11-17-26(22-25)33-29-20-9-7-18-27(29)31(23-12-3-1-4-13-23,24-14-5-2-6-15-24)28-19-8-10-21-30(28)33;1-3-10-21(11-4-1)25(22-12-5-2-6-13-22)23-14-8-7-9-19(23)17-20-18-26-16-15-24(20)25/h1-39H;1-22H;1-16,18H,17H2. The summed E-state index contributed by atoms with van der Waals surface area (Å²) in [5.74, 6) is 0. The predicted molar refractivity (Wildman–Crippen MR) is 483 cm³/mol. The lowest BCUT2D eigenvalue weighted by molar-refractivity contribution is 0.700. The predicted octanol–water partition coefficient (Wildman–Crippen LogP) is 27.4. The van der Waals surface area contributed by atoms with E-state index in [0.29, 0.717) is 0 Å². The van der Waals surface area contributed by atoms with Gasteiger partial charge in [-0.1, -0.05) is 386 Å². The quantitative estimate of drug-likeness (QED) is 0.129. The van der Waals surface area contributed by atoms with Crippen LogP contribution in [-0.4, -0.2) is 9.97 Å². The molecule has 18 aromatic rings.